The van der Waals surface area contributed by atoms with Crippen LogP contribution in [0.5, 0.6) is 0 Å². The van der Waals surface area contributed by atoms with Crippen LogP contribution in [0.15, 0.2) is 60.2 Å². The number of hydrogen-bond donors (Lipinski definition) is 0. The predicted octanol–water partition coefficient (Wildman–Crippen LogP) is 4.01. The van der Waals surface area contributed by atoms with Gasteiger partial charge in [0.2, 0.25) is 0 Å². The van der Waals surface area contributed by atoms with Crippen LogP contribution in [0, 0.1) is 11.3 Å². The highest BCUT2D eigenvalue weighted by molar-refractivity contribution is 7.98. The molecule has 2 aromatic carbocycles. The van der Waals surface area contributed by atoms with Crippen LogP contribution < -0.4 is 0 Å². The van der Waals surface area contributed by atoms with Crippen LogP contribution in [-0.4, -0.2) is 24.1 Å². The molecule has 0 bridgehead atoms. The SMILES string of the molecule is CC(=O)C(=Cc1ccccc1C#N)C(=O)OCCSCc1ccccc1. The van der Waals surface area contributed by atoms with E-state index in [-0.39, 0.29) is 18.0 Å². The van der Waals surface area contributed by atoms with Gasteiger partial charge < -0.3 is 4.74 Å². The summed E-state index contributed by atoms with van der Waals surface area (Å²) < 4.78 is 5.22. The van der Waals surface area contributed by atoms with Crippen molar-refractivity contribution in [3.8, 4) is 6.07 Å². The zero-order valence-corrected chi connectivity index (χ0v) is 15.3. The number of nitriles is 1. The van der Waals surface area contributed by atoms with Crippen LogP contribution in [0.1, 0.15) is 23.6 Å². The molecule has 0 spiro atoms. The second kappa shape index (κ2) is 10.2. The maximum absolute atomic E-state index is 12.2. The molecule has 0 heterocycles. The van der Waals surface area contributed by atoms with Gasteiger partial charge in [-0.05, 0) is 30.2 Å². The molecule has 0 radical (unpaired) electrons. The van der Waals surface area contributed by atoms with Crippen molar-refractivity contribution >= 4 is 29.6 Å². The number of rotatable bonds is 8. The first-order chi connectivity index (χ1) is 12.6. The molecule has 2 rings (SSSR count). The van der Waals surface area contributed by atoms with Crippen LogP contribution in [0.25, 0.3) is 6.08 Å². The van der Waals surface area contributed by atoms with E-state index in [4.69, 9.17) is 10.00 Å². The van der Waals surface area contributed by atoms with Gasteiger partial charge in [-0.25, -0.2) is 4.79 Å². The highest BCUT2D eigenvalue weighted by atomic mass is 32.2. The lowest BCUT2D eigenvalue weighted by Crippen LogP contribution is -2.15. The standard InChI is InChI=1S/C21H19NO3S/c1-16(23)20(13-18-9-5-6-10-19(18)14-22)21(24)25-11-12-26-15-17-7-3-2-4-8-17/h2-10,13H,11-12,15H2,1H3. The van der Waals surface area contributed by atoms with Crippen molar-refractivity contribution in [3.63, 3.8) is 0 Å². The van der Waals surface area contributed by atoms with E-state index in [2.05, 4.69) is 0 Å². The summed E-state index contributed by atoms with van der Waals surface area (Å²) in [5.74, 6) is 0.425. The van der Waals surface area contributed by atoms with Gasteiger partial charge in [-0.3, -0.25) is 4.79 Å². The third-order valence-electron chi connectivity index (χ3n) is 3.55. The van der Waals surface area contributed by atoms with E-state index in [0.717, 1.165) is 5.75 Å². The minimum Gasteiger partial charge on any atom is -0.461 e. The summed E-state index contributed by atoms with van der Waals surface area (Å²) in [6.45, 7) is 1.53. The fourth-order valence-electron chi connectivity index (χ4n) is 2.22. The molecule has 0 aliphatic carbocycles. The van der Waals surface area contributed by atoms with Crippen molar-refractivity contribution in [3.05, 3.63) is 76.9 Å². The van der Waals surface area contributed by atoms with Gasteiger partial charge in [0.15, 0.2) is 5.78 Å². The number of thioether (sulfide) groups is 1. The Morgan fingerprint density at radius 2 is 1.81 bits per heavy atom. The largest absolute Gasteiger partial charge is 0.461 e. The van der Waals surface area contributed by atoms with E-state index in [1.54, 1.807) is 36.0 Å². The average molecular weight is 365 g/mol. The molecule has 5 heteroatoms. The molecule has 0 aromatic heterocycles. The lowest BCUT2D eigenvalue weighted by molar-refractivity contribution is -0.139. The van der Waals surface area contributed by atoms with Gasteiger partial charge in [0.05, 0.1) is 11.6 Å². The molecule has 2 aromatic rings. The van der Waals surface area contributed by atoms with Gasteiger partial charge >= 0.3 is 5.97 Å². The molecule has 0 aliphatic rings. The second-order valence-corrected chi connectivity index (χ2v) is 6.59. The van der Waals surface area contributed by atoms with Crippen molar-refractivity contribution in [1.82, 2.24) is 0 Å². The molecule has 0 saturated carbocycles. The van der Waals surface area contributed by atoms with E-state index in [9.17, 15) is 9.59 Å². The Hall–Kier alpha value is -2.84. The Kier molecular flexibility index (Phi) is 7.66. The topological polar surface area (TPSA) is 67.2 Å². The number of benzene rings is 2. The Morgan fingerprint density at radius 1 is 1.12 bits per heavy atom. The Bertz CT molecular complexity index is 838. The lowest BCUT2D eigenvalue weighted by Gasteiger charge is -2.07. The molecule has 0 atom stereocenters. The van der Waals surface area contributed by atoms with E-state index in [1.165, 1.54) is 18.6 Å². The number of nitrogens with zero attached hydrogens (tertiary/aromatic N) is 1. The third-order valence-corrected chi connectivity index (χ3v) is 4.55. The molecule has 4 nitrogen and oxygen atoms in total. The Morgan fingerprint density at radius 3 is 2.50 bits per heavy atom. The Balaban J connectivity index is 1.91. The van der Waals surface area contributed by atoms with E-state index >= 15 is 0 Å². The van der Waals surface area contributed by atoms with Crippen molar-refractivity contribution < 1.29 is 14.3 Å². The van der Waals surface area contributed by atoms with E-state index in [1.807, 2.05) is 36.4 Å². The number of Topliss-reactive ketones (excluding diaryl/α,β-unsaturated/α-hetero) is 1. The zero-order chi connectivity index (χ0) is 18.8. The summed E-state index contributed by atoms with van der Waals surface area (Å²) in [6.07, 6.45) is 1.42. The lowest BCUT2D eigenvalue weighted by atomic mass is 10.0. The number of carbonyl (C=O) groups excluding carboxylic acids is 2. The number of ether oxygens (including phenoxy) is 1. The highest BCUT2D eigenvalue weighted by Crippen LogP contribution is 2.15. The molecule has 26 heavy (non-hydrogen) atoms. The summed E-state index contributed by atoms with van der Waals surface area (Å²) in [7, 11) is 0. The van der Waals surface area contributed by atoms with Gasteiger partial charge in [0.25, 0.3) is 0 Å². The van der Waals surface area contributed by atoms with Gasteiger partial charge in [-0.15, -0.1) is 0 Å². The number of hydrogen-bond acceptors (Lipinski definition) is 5. The van der Waals surface area contributed by atoms with Gasteiger partial charge in [0, 0.05) is 11.5 Å². The average Bonchev–Trinajstić information content (AvgIpc) is 2.66. The minimum atomic E-state index is -0.662. The summed E-state index contributed by atoms with van der Waals surface area (Å²) in [5.41, 5.74) is 2.08. The van der Waals surface area contributed by atoms with Gasteiger partial charge in [0.1, 0.15) is 12.2 Å². The number of ketones is 1. The normalized spacial score (nSPS) is 10.8. The fourth-order valence-corrected chi connectivity index (χ4v) is 2.99. The van der Waals surface area contributed by atoms with E-state index in [0.29, 0.717) is 16.9 Å². The van der Waals surface area contributed by atoms with Crippen LogP contribution in [-0.2, 0) is 20.1 Å². The first-order valence-electron chi connectivity index (χ1n) is 8.12. The molecular weight excluding hydrogens is 346 g/mol. The van der Waals surface area contributed by atoms with Crippen molar-refractivity contribution in [2.45, 2.75) is 12.7 Å². The minimum absolute atomic E-state index is 0.0549. The maximum atomic E-state index is 12.2. The Labute approximate surface area is 157 Å². The first kappa shape index (κ1) is 19.5. The molecule has 0 N–H and O–H groups in total. The van der Waals surface area contributed by atoms with Crippen LogP contribution in [0.4, 0.5) is 0 Å². The third kappa shape index (κ3) is 5.91. The second-order valence-electron chi connectivity index (χ2n) is 5.49. The molecule has 0 aliphatic heterocycles. The van der Waals surface area contributed by atoms with E-state index < -0.39 is 5.97 Å². The predicted molar refractivity (Wildman–Crippen MR) is 103 cm³/mol. The molecule has 0 unspecified atom stereocenters. The fraction of sp³-hybridized carbons (Fsp3) is 0.190. The quantitative estimate of drug-likeness (QED) is 0.232. The van der Waals surface area contributed by atoms with Crippen LogP contribution in [0.3, 0.4) is 0 Å². The highest BCUT2D eigenvalue weighted by Gasteiger charge is 2.16. The van der Waals surface area contributed by atoms with Crippen LogP contribution >= 0.6 is 11.8 Å². The van der Waals surface area contributed by atoms with Crippen molar-refractivity contribution in [1.29, 1.82) is 5.26 Å². The molecule has 0 saturated heterocycles. The maximum Gasteiger partial charge on any atom is 0.341 e. The van der Waals surface area contributed by atoms with Gasteiger partial charge in [-0.2, -0.15) is 17.0 Å². The molecule has 132 valence electrons. The summed E-state index contributed by atoms with van der Waals surface area (Å²) in [6, 6.07) is 18.9. The van der Waals surface area contributed by atoms with Crippen LogP contribution in [0.2, 0.25) is 0 Å². The first-order valence-corrected chi connectivity index (χ1v) is 9.28. The summed E-state index contributed by atoms with van der Waals surface area (Å²) >= 11 is 1.65. The monoisotopic (exact) mass is 365 g/mol. The number of esters is 1. The smallest absolute Gasteiger partial charge is 0.341 e. The van der Waals surface area contributed by atoms with Gasteiger partial charge in [-0.1, -0.05) is 48.5 Å². The molecular formula is C21H19NO3S. The van der Waals surface area contributed by atoms with Crippen molar-refractivity contribution in [2.75, 3.05) is 12.4 Å². The summed E-state index contributed by atoms with van der Waals surface area (Å²) in [4.78, 5) is 24.0. The zero-order valence-electron chi connectivity index (χ0n) is 14.5. The molecule has 0 fully saturated rings. The molecule has 0 amide bonds. The van der Waals surface area contributed by atoms with Crippen molar-refractivity contribution in [2.24, 2.45) is 0 Å². The summed E-state index contributed by atoms with van der Waals surface area (Å²) in [5, 5.41) is 9.12. The number of carbonyl (C=O) groups is 2.